The summed E-state index contributed by atoms with van der Waals surface area (Å²) in [4.78, 5) is 14.1. The molecule has 1 amide bonds. The van der Waals surface area contributed by atoms with Gasteiger partial charge in [-0.25, -0.2) is 0 Å². The van der Waals surface area contributed by atoms with Crippen molar-refractivity contribution in [2.45, 2.75) is 39.5 Å². The molecule has 0 bridgehead atoms. The first kappa shape index (κ1) is 11.9. The van der Waals surface area contributed by atoms with Gasteiger partial charge in [-0.2, -0.15) is 0 Å². The van der Waals surface area contributed by atoms with Gasteiger partial charge in [0.15, 0.2) is 0 Å². The van der Waals surface area contributed by atoms with Crippen molar-refractivity contribution >= 4 is 5.91 Å². The highest BCUT2D eigenvalue weighted by Crippen LogP contribution is 2.37. The quantitative estimate of drug-likeness (QED) is 0.773. The summed E-state index contributed by atoms with van der Waals surface area (Å²) in [7, 11) is 0. The zero-order chi connectivity index (χ0) is 11.6. The molecule has 0 radical (unpaired) electrons. The summed E-state index contributed by atoms with van der Waals surface area (Å²) < 4.78 is 0. The van der Waals surface area contributed by atoms with Crippen LogP contribution in [0.5, 0.6) is 0 Å². The molecule has 1 N–H and O–H groups in total. The van der Waals surface area contributed by atoms with Gasteiger partial charge in [0.05, 0.1) is 0 Å². The van der Waals surface area contributed by atoms with E-state index in [0.29, 0.717) is 11.3 Å². The molecule has 1 spiro atoms. The number of carbonyl (C=O) groups excluding carboxylic acids is 1. The molecule has 92 valence electrons. The van der Waals surface area contributed by atoms with E-state index in [1.54, 1.807) is 0 Å². The van der Waals surface area contributed by atoms with Gasteiger partial charge in [-0.05, 0) is 37.6 Å². The summed E-state index contributed by atoms with van der Waals surface area (Å²) >= 11 is 0. The lowest BCUT2D eigenvalue weighted by Crippen LogP contribution is -2.45. The summed E-state index contributed by atoms with van der Waals surface area (Å²) in [5.41, 5.74) is 0.520. The van der Waals surface area contributed by atoms with Gasteiger partial charge in [-0.3, -0.25) is 4.79 Å². The first-order valence-corrected chi connectivity index (χ1v) is 6.66. The van der Waals surface area contributed by atoms with Crippen LogP contribution in [-0.2, 0) is 4.79 Å². The van der Waals surface area contributed by atoms with E-state index in [1.165, 1.54) is 32.4 Å². The molecule has 2 heterocycles. The van der Waals surface area contributed by atoms with Gasteiger partial charge in [0, 0.05) is 25.6 Å². The molecular weight excluding hydrogens is 200 g/mol. The van der Waals surface area contributed by atoms with Crippen LogP contribution in [0.25, 0.3) is 0 Å². The van der Waals surface area contributed by atoms with Crippen LogP contribution in [-0.4, -0.2) is 37.0 Å². The summed E-state index contributed by atoms with van der Waals surface area (Å²) in [5.74, 6) is 0.569. The summed E-state index contributed by atoms with van der Waals surface area (Å²) in [6.45, 7) is 8.42. The highest BCUT2D eigenvalue weighted by Gasteiger charge is 2.38. The van der Waals surface area contributed by atoms with E-state index in [4.69, 9.17) is 0 Å². The van der Waals surface area contributed by atoms with Crippen LogP contribution in [0, 0.1) is 11.3 Å². The third-order valence-electron chi connectivity index (χ3n) is 4.50. The molecule has 2 saturated heterocycles. The summed E-state index contributed by atoms with van der Waals surface area (Å²) in [6.07, 6.45) is 4.66. The third-order valence-corrected chi connectivity index (χ3v) is 4.50. The lowest BCUT2D eigenvalue weighted by molar-refractivity contribution is -0.137. The van der Waals surface area contributed by atoms with Crippen LogP contribution in [0.2, 0.25) is 0 Å². The van der Waals surface area contributed by atoms with Gasteiger partial charge >= 0.3 is 0 Å². The lowest BCUT2D eigenvalue weighted by atomic mass is 9.77. The van der Waals surface area contributed by atoms with Gasteiger partial charge in [-0.1, -0.05) is 13.8 Å². The van der Waals surface area contributed by atoms with Crippen molar-refractivity contribution in [3.8, 4) is 0 Å². The monoisotopic (exact) mass is 224 g/mol. The molecular formula is C13H24N2O. The Kier molecular flexibility index (Phi) is 3.53. The second kappa shape index (κ2) is 4.74. The minimum Gasteiger partial charge on any atom is -0.342 e. The zero-order valence-electron chi connectivity index (χ0n) is 10.6. The van der Waals surface area contributed by atoms with E-state index < -0.39 is 0 Å². The average Bonchev–Trinajstić information content (AvgIpc) is 2.77. The highest BCUT2D eigenvalue weighted by atomic mass is 16.2. The maximum absolute atomic E-state index is 12.0. The van der Waals surface area contributed by atoms with Gasteiger partial charge in [0.25, 0.3) is 0 Å². The molecule has 0 saturated carbocycles. The number of hydrogen-bond donors (Lipinski definition) is 1. The maximum Gasteiger partial charge on any atom is 0.225 e. The predicted molar refractivity (Wildman–Crippen MR) is 65.2 cm³/mol. The fraction of sp³-hybridized carbons (Fsp3) is 0.923. The highest BCUT2D eigenvalue weighted by molar-refractivity contribution is 5.78. The average molecular weight is 224 g/mol. The van der Waals surface area contributed by atoms with E-state index in [9.17, 15) is 4.79 Å². The van der Waals surface area contributed by atoms with Crippen LogP contribution in [0.1, 0.15) is 39.5 Å². The van der Waals surface area contributed by atoms with Crippen molar-refractivity contribution in [2.24, 2.45) is 11.3 Å². The normalized spacial score (nSPS) is 26.0. The fourth-order valence-electron chi connectivity index (χ4n) is 2.91. The molecule has 0 aromatic carbocycles. The van der Waals surface area contributed by atoms with Gasteiger partial charge in [-0.15, -0.1) is 0 Å². The van der Waals surface area contributed by atoms with Crippen LogP contribution in [0.4, 0.5) is 0 Å². The Morgan fingerprint density at radius 1 is 1.38 bits per heavy atom. The molecule has 0 aromatic heterocycles. The Morgan fingerprint density at radius 3 is 2.56 bits per heavy atom. The Morgan fingerprint density at radius 2 is 2.06 bits per heavy atom. The van der Waals surface area contributed by atoms with Crippen molar-refractivity contribution in [1.29, 1.82) is 0 Å². The number of hydrogen-bond acceptors (Lipinski definition) is 2. The molecule has 3 nitrogen and oxygen atoms in total. The first-order chi connectivity index (χ1) is 7.67. The Hall–Kier alpha value is -0.570. The van der Waals surface area contributed by atoms with E-state index in [0.717, 1.165) is 19.5 Å². The molecule has 2 aliphatic heterocycles. The zero-order valence-corrected chi connectivity index (χ0v) is 10.6. The van der Waals surface area contributed by atoms with Crippen LogP contribution in [0.15, 0.2) is 0 Å². The van der Waals surface area contributed by atoms with Gasteiger partial charge in [0.1, 0.15) is 0 Å². The molecule has 1 unspecified atom stereocenters. The molecule has 0 aromatic rings. The Balaban J connectivity index is 1.87. The molecule has 1 atom stereocenters. The molecule has 2 aliphatic rings. The molecule has 2 fully saturated rings. The van der Waals surface area contributed by atoms with E-state index in [-0.39, 0.29) is 5.92 Å². The molecule has 3 heteroatoms. The molecule has 2 rings (SSSR count). The van der Waals surface area contributed by atoms with E-state index >= 15 is 0 Å². The number of nitrogens with zero attached hydrogens (tertiary/aromatic N) is 1. The minimum absolute atomic E-state index is 0.204. The van der Waals surface area contributed by atoms with Crippen LogP contribution < -0.4 is 5.32 Å². The van der Waals surface area contributed by atoms with E-state index in [1.807, 2.05) is 6.92 Å². The molecule has 16 heavy (non-hydrogen) atoms. The van der Waals surface area contributed by atoms with Crippen molar-refractivity contribution in [1.82, 2.24) is 10.2 Å². The van der Waals surface area contributed by atoms with Crippen molar-refractivity contribution in [3.63, 3.8) is 0 Å². The van der Waals surface area contributed by atoms with Crippen LogP contribution in [0.3, 0.4) is 0 Å². The van der Waals surface area contributed by atoms with Crippen molar-refractivity contribution in [3.05, 3.63) is 0 Å². The van der Waals surface area contributed by atoms with Crippen LogP contribution >= 0.6 is 0 Å². The smallest absolute Gasteiger partial charge is 0.225 e. The number of nitrogens with one attached hydrogen (secondary N) is 1. The van der Waals surface area contributed by atoms with Crippen molar-refractivity contribution < 1.29 is 4.79 Å². The standard InChI is InChI=1S/C13H24N2O/c1-3-11(2)12(16)15-8-5-13(6-9-15)4-7-14-10-13/h11,14H,3-10H2,1-2H3. The predicted octanol–water partition coefficient (Wildman–Crippen LogP) is 1.63. The van der Waals surface area contributed by atoms with Crippen molar-refractivity contribution in [2.75, 3.05) is 26.2 Å². The number of likely N-dealkylation sites (tertiary alicyclic amines) is 1. The minimum atomic E-state index is 0.204. The third kappa shape index (κ3) is 2.24. The largest absolute Gasteiger partial charge is 0.342 e. The number of carbonyl (C=O) groups is 1. The second-order valence-electron chi connectivity index (χ2n) is 5.56. The van der Waals surface area contributed by atoms with E-state index in [2.05, 4.69) is 17.1 Å². The fourth-order valence-corrected chi connectivity index (χ4v) is 2.91. The lowest BCUT2D eigenvalue weighted by Gasteiger charge is -2.39. The second-order valence-corrected chi connectivity index (χ2v) is 5.56. The van der Waals surface area contributed by atoms with Gasteiger partial charge < -0.3 is 10.2 Å². The topological polar surface area (TPSA) is 32.3 Å². The maximum atomic E-state index is 12.0. The number of rotatable bonds is 2. The van der Waals surface area contributed by atoms with Gasteiger partial charge in [0.2, 0.25) is 5.91 Å². The Bertz CT molecular complexity index is 249. The first-order valence-electron chi connectivity index (χ1n) is 6.66. The summed E-state index contributed by atoms with van der Waals surface area (Å²) in [5, 5.41) is 3.46. The Labute approximate surface area is 98.6 Å². The summed E-state index contributed by atoms with van der Waals surface area (Å²) in [6, 6.07) is 0. The SMILES string of the molecule is CCC(C)C(=O)N1CCC2(CCNC2)CC1. The number of amides is 1. The number of piperidine rings is 1. The molecule has 0 aliphatic carbocycles.